The predicted octanol–water partition coefficient (Wildman–Crippen LogP) is 13.4. The van der Waals surface area contributed by atoms with E-state index in [0.717, 1.165) is 39.8 Å². The standard InChI is InChI=1S/C52H36N2S/c1-32-43-12-6-7-15-46(43)47-20-18-33(28-50(32)47)37-22-38(34-19-21-49-48-16-8-9-17-51(48)55-52(49)29-34)24-39(23-37)40-25-41(44-13-4-2-10-35(44)30-53)27-42(26-40)45-14-5-3-11-36(45)31-54/h2-28,32,34,48,51H,29H2,1H3. The van der Waals surface area contributed by atoms with Gasteiger partial charge in [-0.15, -0.1) is 11.8 Å². The average molecular weight is 721 g/mol. The van der Waals surface area contributed by atoms with Crippen molar-refractivity contribution < 1.29 is 0 Å². The number of thioether (sulfide) groups is 1. The molecule has 0 bridgehead atoms. The second kappa shape index (κ2) is 13.5. The van der Waals surface area contributed by atoms with Crippen LogP contribution in [0.1, 0.15) is 53.0 Å². The van der Waals surface area contributed by atoms with E-state index in [-0.39, 0.29) is 5.92 Å². The Bertz CT molecular complexity index is 2710. The highest BCUT2D eigenvalue weighted by Gasteiger charge is 2.35. The van der Waals surface area contributed by atoms with Crippen LogP contribution >= 0.6 is 11.8 Å². The van der Waals surface area contributed by atoms with Crippen molar-refractivity contribution in [3.63, 3.8) is 0 Å². The van der Waals surface area contributed by atoms with E-state index in [4.69, 9.17) is 0 Å². The third-order valence-electron chi connectivity index (χ3n) is 11.9. The Labute approximate surface area is 327 Å². The highest BCUT2D eigenvalue weighted by atomic mass is 32.2. The summed E-state index contributed by atoms with van der Waals surface area (Å²) in [6.45, 7) is 2.32. The van der Waals surface area contributed by atoms with Crippen LogP contribution in [0.4, 0.5) is 0 Å². The molecule has 6 aromatic carbocycles. The lowest BCUT2D eigenvalue weighted by molar-refractivity contribution is 0.780. The molecule has 3 aliphatic carbocycles. The monoisotopic (exact) mass is 720 g/mol. The van der Waals surface area contributed by atoms with Crippen LogP contribution in [0.2, 0.25) is 0 Å². The quantitative estimate of drug-likeness (QED) is 0.178. The molecule has 1 heterocycles. The van der Waals surface area contributed by atoms with Gasteiger partial charge in [0.15, 0.2) is 0 Å². The molecule has 0 N–H and O–H groups in total. The van der Waals surface area contributed by atoms with Crippen molar-refractivity contribution >= 4 is 11.8 Å². The molecular weight excluding hydrogens is 685 g/mol. The molecule has 0 aromatic heterocycles. The van der Waals surface area contributed by atoms with Crippen LogP contribution in [0.15, 0.2) is 174 Å². The van der Waals surface area contributed by atoms with Gasteiger partial charge in [-0.25, -0.2) is 0 Å². The summed E-state index contributed by atoms with van der Waals surface area (Å²) in [6.07, 6.45) is 14.9. The van der Waals surface area contributed by atoms with Crippen LogP contribution in [-0.4, -0.2) is 5.25 Å². The summed E-state index contributed by atoms with van der Waals surface area (Å²) in [5.74, 6) is 1.01. The van der Waals surface area contributed by atoms with E-state index in [1.807, 2.05) is 60.3 Å². The predicted molar refractivity (Wildman–Crippen MR) is 227 cm³/mol. The molecule has 0 amide bonds. The first-order valence-corrected chi connectivity index (χ1v) is 19.9. The van der Waals surface area contributed by atoms with E-state index in [1.165, 1.54) is 49.4 Å². The van der Waals surface area contributed by atoms with Crippen molar-refractivity contribution in [2.45, 2.75) is 30.4 Å². The van der Waals surface area contributed by atoms with Gasteiger partial charge in [0.25, 0.3) is 0 Å². The second-order valence-corrected chi connectivity index (χ2v) is 16.3. The molecule has 3 heteroatoms. The molecule has 4 atom stereocenters. The summed E-state index contributed by atoms with van der Waals surface area (Å²) >= 11 is 2.03. The van der Waals surface area contributed by atoms with Crippen molar-refractivity contribution in [3.8, 4) is 67.8 Å². The fourth-order valence-electron chi connectivity index (χ4n) is 9.09. The van der Waals surface area contributed by atoms with E-state index in [1.54, 1.807) is 0 Å². The van der Waals surface area contributed by atoms with Gasteiger partial charge in [0.2, 0.25) is 0 Å². The molecule has 6 aromatic rings. The molecule has 0 radical (unpaired) electrons. The molecule has 4 unspecified atom stereocenters. The van der Waals surface area contributed by atoms with Gasteiger partial charge in [0.05, 0.1) is 23.3 Å². The number of hydrogen-bond acceptors (Lipinski definition) is 3. The van der Waals surface area contributed by atoms with Crippen LogP contribution in [0, 0.1) is 28.6 Å². The van der Waals surface area contributed by atoms with Gasteiger partial charge in [-0.3, -0.25) is 0 Å². The number of nitrogens with zero attached hydrogens (tertiary/aromatic N) is 2. The number of fused-ring (bicyclic) bond motifs is 5. The van der Waals surface area contributed by atoms with Crippen LogP contribution in [-0.2, 0) is 0 Å². The van der Waals surface area contributed by atoms with Crippen LogP contribution in [0.3, 0.4) is 0 Å². The Morgan fingerprint density at radius 2 is 1.13 bits per heavy atom. The molecule has 0 saturated heterocycles. The maximum absolute atomic E-state index is 10.1. The van der Waals surface area contributed by atoms with Crippen molar-refractivity contribution in [1.29, 1.82) is 10.5 Å². The summed E-state index contributed by atoms with van der Waals surface area (Å²) in [6, 6.07) is 49.9. The van der Waals surface area contributed by atoms with Gasteiger partial charge < -0.3 is 0 Å². The Hall–Kier alpha value is -6.39. The smallest absolute Gasteiger partial charge is 0.0998 e. The molecule has 2 nitrogen and oxygen atoms in total. The van der Waals surface area contributed by atoms with Crippen molar-refractivity contribution in [1.82, 2.24) is 0 Å². The lowest BCUT2D eigenvalue weighted by Crippen LogP contribution is -2.11. The van der Waals surface area contributed by atoms with Crippen molar-refractivity contribution in [3.05, 3.63) is 202 Å². The second-order valence-electron chi connectivity index (χ2n) is 15.0. The number of benzene rings is 6. The summed E-state index contributed by atoms with van der Waals surface area (Å²) in [4.78, 5) is 1.50. The van der Waals surface area contributed by atoms with Crippen molar-refractivity contribution in [2.75, 3.05) is 0 Å². The number of hydrogen-bond donors (Lipinski definition) is 0. The molecule has 260 valence electrons. The molecule has 0 fully saturated rings. The molecule has 10 rings (SSSR count). The highest BCUT2D eigenvalue weighted by Crippen LogP contribution is 2.52. The fourth-order valence-corrected chi connectivity index (χ4v) is 10.6. The Kier molecular flexibility index (Phi) is 8.13. The van der Waals surface area contributed by atoms with E-state index in [2.05, 4.69) is 134 Å². The molecule has 0 saturated carbocycles. The largest absolute Gasteiger partial charge is 0.192 e. The van der Waals surface area contributed by atoms with Gasteiger partial charge in [0.1, 0.15) is 0 Å². The Morgan fingerprint density at radius 1 is 0.545 bits per heavy atom. The molecule has 0 spiro atoms. The van der Waals surface area contributed by atoms with E-state index in [9.17, 15) is 10.5 Å². The van der Waals surface area contributed by atoms with Crippen LogP contribution in [0.25, 0.3) is 55.6 Å². The summed E-state index contributed by atoms with van der Waals surface area (Å²) in [5, 5.41) is 20.8. The molecule has 1 aliphatic heterocycles. The topological polar surface area (TPSA) is 47.6 Å². The molecular formula is C52H36N2S. The maximum atomic E-state index is 10.1. The first-order chi connectivity index (χ1) is 27.1. The summed E-state index contributed by atoms with van der Waals surface area (Å²) < 4.78 is 0. The van der Waals surface area contributed by atoms with Gasteiger partial charge in [0, 0.05) is 23.0 Å². The number of rotatable bonds is 5. The van der Waals surface area contributed by atoms with Gasteiger partial charge in [-0.2, -0.15) is 10.5 Å². The lowest BCUT2D eigenvalue weighted by atomic mass is 9.82. The van der Waals surface area contributed by atoms with Crippen molar-refractivity contribution in [2.24, 2.45) is 5.92 Å². The van der Waals surface area contributed by atoms with E-state index in [0.29, 0.717) is 28.2 Å². The van der Waals surface area contributed by atoms with Crippen LogP contribution < -0.4 is 0 Å². The first-order valence-electron chi connectivity index (χ1n) is 19.0. The summed E-state index contributed by atoms with van der Waals surface area (Å²) in [5.41, 5.74) is 17.6. The average Bonchev–Trinajstić information content (AvgIpc) is 3.77. The Morgan fingerprint density at radius 3 is 1.85 bits per heavy atom. The third-order valence-corrected chi connectivity index (χ3v) is 13.3. The Balaban J connectivity index is 1.15. The maximum Gasteiger partial charge on any atom is 0.0998 e. The SMILES string of the molecule is CC1c2ccccc2-c2ccc(-c3cc(-c4cc(-c5ccccc5C#N)cc(-c5ccccc5C#N)c4)cc(C4C=CC5=C(C4)SC4C=CC=CC54)c3)cc21. The minimum Gasteiger partial charge on any atom is -0.192 e. The van der Waals surface area contributed by atoms with Gasteiger partial charge in [-0.1, -0.05) is 128 Å². The number of nitriles is 2. The zero-order valence-corrected chi connectivity index (χ0v) is 31.2. The third kappa shape index (κ3) is 5.72. The molecule has 55 heavy (non-hydrogen) atoms. The van der Waals surface area contributed by atoms with Gasteiger partial charge in [-0.05, 0) is 132 Å². The zero-order valence-electron chi connectivity index (χ0n) is 30.4. The summed E-state index contributed by atoms with van der Waals surface area (Å²) in [7, 11) is 0. The zero-order chi connectivity index (χ0) is 37.0. The number of allylic oxidation sites excluding steroid dienone is 7. The highest BCUT2D eigenvalue weighted by molar-refractivity contribution is 8.04. The van der Waals surface area contributed by atoms with Crippen LogP contribution in [0.5, 0.6) is 0 Å². The minimum absolute atomic E-state index is 0.233. The first kappa shape index (κ1) is 33.2. The normalized spacial score (nSPS) is 20.0. The minimum atomic E-state index is 0.233. The fraction of sp³-hybridized carbons (Fsp3) is 0.115. The van der Waals surface area contributed by atoms with Gasteiger partial charge >= 0.3 is 0 Å². The van der Waals surface area contributed by atoms with E-state index < -0.39 is 0 Å². The molecule has 4 aliphatic rings. The lowest BCUT2D eigenvalue weighted by Gasteiger charge is -2.22. The van der Waals surface area contributed by atoms with E-state index >= 15 is 0 Å².